The standard InChI is InChI=1S/C12H8N2O2/c13-7-1-2-9-8-3-4-14-6-10(8)12(15)16-11(9)5-7/h1-6H,13H2. The Hall–Kier alpha value is -2.36. The van der Waals surface area contributed by atoms with Gasteiger partial charge >= 0.3 is 5.63 Å². The van der Waals surface area contributed by atoms with Gasteiger partial charge in [-0.1, -0.05) is 0 Å². The molecule has 2 heterocycles. The van der Waals surface area contributed by atoms with Gasteiger partial charge in [0.15, 0.2) is 0 Å². The van der Waals surface area contributed by atoms with E-state index < -0.39 is 0 Å². The predicted molar refractivity (Wildman–Crippen MR) is 62.2 cm³/mol. The number of pyridine rings is 1. The molecule has 0 saturated carbocycles. The average molecular weight is 212 g/mol. The Morgan fingerprint density at radius 1 is 1.12 bits per heavy atom. The van der Waals surface area contributed by atoms with Crippen molar-refractivity contribution in [3.8, 4) is 0 Å². The second kappa shape index (κ2) is 3.06. The van der Waals surface area contributed by atoms with E-state index in [1.54, 1.807) is 24.4 Å². The monoisotopic (exact) mass is 212 g/mol. The Morgan fingerprint density at radius 2 is 2.00 bits per heavy atom. The molecule has 1 aromatic carbocycles. The summed E-state index contributed by atoms with van der Waals surface area (Å²) in [5.74, 6) is 0. The van der Waals surface area contributed by atoms with E-state index in [0.29, 0.717) is 16.7 Å². The zero-order valence-corrected chi connectivity index (χ0v) is 8.31. The highest BCUT2D eigenvalue weighted by atomic mass is 16.4. The van der Waals surface area contributed by atoms with Gasteiger partial charge in [0.25, 0.3) is 0 Å². The number of hydrogen-bond donors (Lipinski definition) is 1. The molecule has 0 radical (unpaired) electrons. The van der Waals surface area contributed by atoms with Gasteiger partial charge < -0.3 is 10.2 Å². The molecule has 3 aromatic rings. The van der Waals surface area contributed by atoms with Gasteiger partial charge in [0.1, 0.15) is 5.58 Å². The topological polar surface area (TPSA) is 69.1 Å². The molecule has 0 atom stereocenters. The van der Waals surface area contributed by atoms with Crippen molar-refractivity contribution >= 4 is 27.4 Å². The van der Waals surface area contributed by atoms with Crippen LogP contribution in [0.2, 0.25) is 0 Å². The van der Waals surface area contributed by atoms with Crippen LogP contribution in [-0.2, 0) is 0 Å². The SMILES string of the molecule is Nc1ccc2c(c1)oc(=O)c1cnccc12. The van der Waals surface area contributed by atoms with Gasteiger partial charge in [-0.2, -0.15) is 0 Å². The van der Waals surface area contributed by atoms with E-state index in [2.05, 4.69) is 4.98 Å². The Balaban J connectivity index is 2.64. The second-order valence-electron chi connectivity index (χ2n) is 3.57. The third-order valence-electron chi connectivity index (χ3n) is 2.54. The van der Waals surface area contributed by atoms with Crippen LogP contribution in [0.1, 0.15) is 0 Å². The first kappa shape index (κ1) is 8.91. The predicted octanol–water partition coefficient (Wildman–Crippen LogP) is 1.92. The van der Waals surface area contributed by atoms with Crippen molar-refractivity contribution in [1.29, 1.82) is 0 Å². The van der Waals surface area contributed by atoms with Crippen LogP contribution in [0.3, 0.4) is 0 Å². The summed E-state index contributed by atoms with van der Waals surface area (Å²) in [6, 6.07) is 7.07. The van der Waals surface area contributed by atoms with Crippen molar-refractivity contribution in [2.24, 2.45) is 0 Å². The summed E-state index contributed by atoms with van der Waals surface area (Å²) < 4.78 is 5.18. The molecule has 0 saturated heterocycles. The summed E-state index contributed by atoms with van der Waals surface area (Å²) in [5, 5.41) is 2.19. The molecule has 2 N–H and O–H groups in total. The van der Waals surface area contributed by atoms with Crippen LogP contribution in [0.25, 0.3) is 21.7 Å². The normalized spacial score (nSPS) is 11.0. The average Bonchev–Trinajstić information content (AvgIpc) is 2.29. The van der Waals surface area contributed by atoms with Gasteiger partial charge in [0, 0.05) is 34.9 Å². The minimum Gasteiger partial charge on any atom is -0.422 e. The molecule has 16 heavy (non-hydrogen) atoms. The van der Waals surface area contributed by atoms with Crippen LogP contribution in [0.4, 0.5) is 5.69 Å². The highest BCUT2D eigenvalue weighted by Crippen LogP contribution is 2.23. The fourth-order valence-electron chi connectivity index (χ4n) is 1.79. The van der Waals surface area contributed by atoms with Crippen molar-refractivity contribution in [2.45, 2.75) is 0 Å². The summed E-state index contributed by atoms with van der Waals surface area (Å²) in [6.07, 6.45) is 3.16. The van der Waals surface area contributed by atoms with Crippen molar-refractivity contribution in [3.05, 3.63) is 47.1 Å². The zero-order valence-electron chi connectivity index (χ0n) is 8.31. The Bertz CT molecular complexity index is 747. The van der Waals surface area contributed by atoms with E-state index in [1.165, 1.54) is 6.20 Å². The lowest BCUT2D eigenvalue weighted by molar-refractivity contribution is 0.569. The quantitative estimate of drug-likeness (QED) is 0.351. The van der Waals surface area contributed by atoms with Crippen molar-refractivity contribution in [2.75, 3.05) is 5.73 Å². The minimum atomic E-state index is -0.388. The number of rotatable bonds is 0. The van der Waals surface area contributed by atoms with Crippen molar-refractivity contribution in [1.82, 2.24) is 4.98 Å². The number of benzene rings is 1. The van der Waals surface area contributed by atoms with Crippen LogP contribution in [0, 0.1) is 0 Å². The van der Waals surface area contributed by atoms with Gasteiger partial charge in [-0.3, -0.25) is 4.98 Å². The van der Waals surface area contributed by atoms with E-state index in [9.17, 15) is 4.79 Å². The number of hydrogen-bond acceptors (Lipinski definition) is 4. The molecule has 78 valence electrons. The van der Waals surface area contributed by atoms with Crippen LogP contribution < -0.4 is 11.4 Å². The molecule has 0 unspecified atom stereocenters. The smallest absolute Gasteiger partial charge is 0.345 e. The van der Waals surface area contributed by atoms with E-state index in [0.717, 1.165) is 10.8 Å². The van der Waals surface area contributed by atoms with Gasteiger partial charge in [0.2, 0.25) is 0 Å². The molecule has 0 fully saturated rings. The third-order valence-corrected chi connectivity index (χ3v) is 2.54. The lowest BCUT2D eigenvalue weighted by Crippen LogP contribution is -2.00. The number of nitrogens with two attached hydrogens (primary N) is 1. The highest BCUT2D eigenvalue weighted by Gasteiger charge is 2.06. The van der Waals surface area contributed by atoms with Crippen LogP contribution in [0.5, 0.6) is 0 Å². The number of aromatic nitrogens is 1. The molecule has 0 aliphatic rings. The van der Waals surface area contributed by atoms with Crippen LogP contribution in [-0.4, -0.2) is 4.98 Å². The maximum atomic E-state index is 11.7. The molecule has 0 spiro atoms. The molecule has 4 heteroatoms. The highest BCUT2D eigenvalue weighted by molar-refractivity contribution is 6.04. The summed E-state index contributed by atoms with van der Waals surface area (Å²) >= 11 is 0. The van der Waals surface area contributed by atoms with E-state index in [4.69, 9.17) is 10.2 Å². The first-order valence-corrected chi connectivity index (χ1v) is 4.82. The van der Waals surface area contributed by atoms with Gasteiger partial charge in [-0.15, -0.1) is 0 Å². The summed E-state index contributed by atoms with van der Waals surface area (Å²) in [6.45, 7) is 0. The van der Waals surface area contributed by atoms with Gasteiger partial charge in [0.05, 0.1) is 5.39 Å². The number of fused-ring (bicyclic) bond motifs is 3. The lowest BCUT2D eigenvalue weighted by Gasteiger charge is -2.02. The summed E-state index contributed by atoms with van der Waals surface area (Å²) in [4.78, 5) is 15.6. The van der Waals surface area contributed by atoms with Crippen LogP contribution in [0.15, 0.2) is 45.9 Å². The third kappa shape index (κ3) is 1.16. The summed E-state index contributed by atoms with van der Waals surface area (Å²) in [7, 11) is 0. The molecular formula is C12H8N2O2. The van der Waals surface area contributed by atoms with Gasteiger partial charge in [-0.25, -0.2) is 4.79 Å². The van der Waals surface area contributed by atoms with Crippen LogP contribution >= 0.6 is 0 Å². The molecule has 0 bridgehead atoms. The number of anilines is 1. The summed E-state index contributed by atoms with van der Waals surface area (Å²) in [5.41, 5.74) is 6.33. The van der Waals surface area contributed by atoms with E-state index >= 15 is 0 Å². The van der Waals surface area contributed by atoms with Gasteiger partial charge in [-0.05, 0) is 18.2 Å². The first-order valence-electron chi connectivity index (χ1n) is 4.82. The minimum absolute atomic E-state index is 0.388. The zero-order chi connectivity index (χ0) is 11.1. The fraction of sp³-hybridized carbons (Fsp3) is 0. The number of nitrogen functional groups attached to an aromatic ring is 1. The van der Waals surface area contributed by atoms with E-state index in [-0.39, 0.29) is 5.63 Å². The molecule has 4 nitrogen and oxygen atoms in total. The maximum Gasteiger partial charge on any atom is 0.345 e. The fourth-order valence-corrected chi connectivity index (χ4v) is 1.79. The Morgan fingerprint density at radius 3 is 2.88 bits per heavy atom. The van der Waals surface area contributed by atoms with Crippen molar-refractivity contribution < 1.29 is 4.42 Å². The Labute approximate surface area is 90.3 Å². The molecule has 0 amide bonds. The van der Waals surface area contributed by atoms with E-state index in [1.807, 2.05) is 6.07 Å². The maximum absolute atomic E-state index is 11.7. The molecule has 2 aromatic heterocycles. The molecular weight excluding hydrogens is 204 g/mol. The molecule has 3 rings (SSSR count). The Kier molecular flexibility index (Phi) is 1.71. The van der Waals surface area contributed by atoms with Crippen molar-refractivity contribution in [3.63, 3.8) is 0 Å². The molecule has 0 aliphatic carbocycles. The number of nitrogens with zero attached hydrogens (tertiary/aromatic N) is 1. The largest absolute Gasteiger partial charge is 0.422 e. The molecule has 0 aliphatic heterocycles. The first-order chi connectivity index (χ1) is 7.75. The lowest BCUT2D eigenvalue weighted by atomic mass is 10.1. The second-order valence-corrected chi connectivity index (χ2v) is 3.57.